The van der Waals surface area contributed by atoms with E-state index in [1.165, 1.54) is 11.8 Å². The normalized spacial score (nSPS) is 12.7. The number of nitrogens with one attached hydrogen (secondary N) is 3. The molecule has 0 spiro atoms. The molecule has 7 nitrogen and oxygen atoms in total. The van der Waals surface area contributed by atoms with Gasteiger partial charge in [-0.05, 0) is 85.5 Å². The van der Waals surface area contributed by atoms with E-state index in [-0.39, 0.29) is 34.0 Å². The maximum atomic E-state index is 16.5. The van der Waals surface area contributed by atoms with Crippen LogP contribution in [0.1, 0.15) is 97.5 Å². The maximum Gasteiger partial charge on any atom is 0.407 e. The summed E-state index contributed by atoms with van der Waals surface area (Å²) in [6.45, 7) is 20.4. The van der Waals surface area contributed by atoms with Gasteiger partial charge in [-0.15, -0.1) is 11.8 Å². The zero-order chi connectivity index (χ0) is 32.7. The van der Waals surface area contributed by atoms with Crippen LogP contribution in [0.15, 0.2) is 30.3 Å². The number of hydrogen-bond donors (Lipinski definition) is 3. The number of aryl methyl sites for hydroxylation is 1. The van der Waals surface area contributed by atoms with Crippen molar-refractivity contribution in [2.45, 2.75) is 110 Å². The average Bonchev–Trinajstić information content (AvgIpc) is 2.92. The van der Waals surface area contributed by atoms with Crippen molar-refractivity contribution in [3.8, 4) is 11.8 Å². The first-order valence-electron chi connectivity index (χ1n) is 14.9. The Morgan fingerprint density at radius 3 is 2.19 bits per heavy atom. The van der Waals surface area contributed by atoms with E-state index < -0.39 is 31.9 Å². The Hall–Kier alpha value is -3.03. The van der Waals surface area contributed by atoms with Gasteiger partial charge in [-0.2, -0.15) is 5.26 Å². The number of alkyl carbamates (subject to hydrolysis) is 1. The number of halogens is 1. The Morgan fingerprint density at radius 2 is 1.70 bits per heavy atom. The molecule has 0 radical (unpaired) electrons. The number of anilines is 1. The van der Waals surface area contributed by atoms with Gasteiger partial charge in [0.2, 0.25) is 0 Å². The number of nitriles is 1. The summed E-state index contributed by atoms with van der Waals surface area (Å²) in [4.78, 5) is 12.2. The molecule has 0 aliphatic heterocycles. The summed E-state index contributed by atoms with van der Waals surface area (Å²) in [5.74, 6) is -0.215. The van der Waals surface area contributed by atoms with E-state index in [1.54, 1.807) is 45.2 Å². The average molecular weight is 629 g/mol. The summed E-state index contributed by atoms with van der Waals surface area (Å²) in [5.41, 5.74) is 2.97. The Bertz CT molecular complexity index is 1310. The Labute approximate surface area is 263 Å². The van der Waals surface area contributed by atoms with Crippen LogP contribution in [0.5, 0.6) is 5.75 Å². The van der Waals surface area contributed by atoms with E-state index >= 15 is 4.39 Å². The zero-order valence-corrected chi connectivity index (χ0v) is 29.4. The van der Waals surface area contributed by atoms with E-state index in [2.05, 4.69) is 58.2 Å². The first kappa shape index (κ1) is 36.2. The highest BCUT2D eigenvalue weighted by Gasteiger charge is 2.47. The number of carbonyl (C=O) groups excluding carboxylic acids is 1. The van der Waals surface area contributed by atoms with Crippen LogP contribution in [0, 0.1) is 22.6 Å². The summed E-state index contributed by atoms with van der Waals surface area (Å²) in [5, 5.41) is 24.7. The van der Waals surface area contributed by atoms with E-state index in [0.717, 1.165) is 5.56 Å². The summed E-state index contributed by atoms with van der Waals surface area (Å²) in [6, 6.07) is 10.1. The minimum Gasteiger partial charge on any atom is -0.541 e. The van der Waals surface area contributed by atoms with Gasteiger partial charge in [0, 0.05) is 17.8 Å². The third-order valence-electron chi connectivity index (χ3n) is 7.68. The number of rotatable bonds is 12. The molecule has 3 N–H and O–H groups in total. The molecule has 2 aromatic rings. The molecule has 0 aliphatic carbocycles. The summed E-state index contributed by atoms with van der Waals surface area (Å²) < 4.78 is 28.7. The van der Waals surface area contributed by atoms with E-state index in [0.29, 0.717) is 28.8 Å². The Balaban J connectivity index is 2.57. The summed E-state index contributed by atoms with van der Waals surface area (Å²) in [6.07, 6.45) is 1.88. The molecule has 0 saturated carbocycles. The Kier molecular flexibility index (Phi) is 12.7. The number of nitrogens with zero attached hydrogens (tertiary/aromatic N) is 1. The highest BCUT2D eigenvalue weighted by atomic mass is 32.2. The monoisotopic (exact) mass is 628 g/mol. The summed E-state index contributed by atoms with van der Waals surface area (Å²) in [7, 11) is -2.45. The van der Waals surface area contributed by atoms with Gasteiger partial charge in [0.05, 0.1) is 16.7 Å². The van der Waals surface area contributed by atoms with Crippen molar-refractivity contribution in [3.05, 3.63) is 58.4 Å². The predicted molar refractivity (Wildman–Crippen MR) is 179 cm³/mol. The SMILES string of the molecule is CCc1cc(O[Si](C(C)C)(C(C)C)C(C)C)c(F)c(C(Nc2ccc(C#N)c(CNC(=O)OC(C)(C)C)c2)C(=N)SC)c1. The largest absolute Gasteiger partial charge is 0.541 e. The number of benzene rings is 2. The van der Waals surface area contributed by atoms with Crippen LogP contribution in [0.3, 0.4) is 0 Å². The lowest BCUT2D eigenvalue weighted by Gasteiger charge is -2.42. The molecular formula is C33H49FN4O3SSi. The van der Waals surface area contributed by atoms with Gasteiger partial charge in [0.25, 0.3) is 8.32 Å². The standard InChI is InChI=1S/C33H49FN4O3SSi/c1-12-23-15-27(29(34)28(16-23)41-43(20(2)3,21(4)5)22(6)7)30(31(36)42-11)38-26-14-13-24(18-35)25(17-26)19-37-32(39)40-33(8,9)10/h13-17,20-22,30,36,38H,12,19H2,1-11H3,(H,37,39). The first-order chi connectivity index (χ1) is 20.0. The molecule has 0 heterocycles. The van der Waals surface area contributed by atoms with Crippen molar-refractivity contribution < 1.29 is 18.3 Å². The third kappa shape index (κ3) is 8.99. The minimum absolute atomic E-state index is 0.0714. The van der Waals surface area contributed by atoms with Gasteiger partial charge < -0.3 is 19.8 Å². The number of thioether (sulfide) groups is 1. The number of carbonyl (C=O) groups is 1. The first-order valence-corrected chi connectivity index (χ1v) is 18.3. The van der Waals surface area contributed by atoms with Gasteiger partial charge in [0.1, 0.15) is 17.4 Å². The summed E-state index contributed by atoms with van der Waals surface area (Å²) >= 11 is 1.23. The van der Waals surface area contributed by atoms with E-state index in [9.17, 15) is 10.1 Å². The highest BCUT2D eigenvalue weighted by molar-refractivity contribution is 8.13. The molecule has 0 aromatic heterocycles. The van der Waals surface area contributed by atoms with Gasteiger partial charge in [-0.1, -0.05) is 54.5 Å². The second-order valence-electron chi connectivity index (χ2n) is 12.8. The van der Waals surface area contributed by atoms with Crippen molar-refractivity contribution in [2.75, 3.05) is 11.6 Å². The molecule has 2 rings (SSSR count). The topological polar surface area (TPSA) is 107 Å². The number of ether oxygens (including phenoxy) is 1. The zero-order valence-electron chi connectivity index (χ0n) is 27.6. The van der Waals surface area contributed by atoms with Crippen molar-refractivity contribution in [2.24, 2.45) is 0 Å². The highest BCUT2D eigenvalue weighted by Crippen LogP contribution is 2.44. The molecule has 1 unspecified atom stereocenters. The van der Waals surface area contributed by atoms with Crippen molar-refractivity contribution in [1.29, 1.82) is 10.7 Å². The second-order valence-corrected chi connectivity index (χ2v) is 19.0. The van der Waals surface area contributed by atoms with Gasteiger partial charge in [-0.25, -0.2) is 9.18 Å². The van der Waals surface area contributed by atoms with Crippen molar-refractivity contribution in [3.63, 3.8) is 0 Å². The van der Waals surface area contributed by atoms with Gasteiger partial charge in [0.15, 0.2) is 5.82 Å². The molecule has 1 amide bonds. The van der Waals surface area contributed by atoms with Crippen LogP contribution in [0.4, 0.5) is 14.9 Å². The van der Waals surface area contributed by atoms with Crippen LogP contribution in [0.2, 0.25) is 16.6 Å². The van der Waals surface area contributed by atoms with Gasteiger partial charge >= 0.3 is 6.09 Å². The van der Waals surface area contributed by atoms with Crippen LogP contribution in [-0.2, 0) is 17.7 Å². The van der Waals surface area contributed by atoms with Crippen LogP contribution in [-0.4, -0.2) is 31.3 Å². The predicted octanol–water partition coefficient (Wildman–Crippen LogP) is 9.33. The maximum absolute atomic E-state index is 16.5. The van der Waals surface area contributed by atoms with Crippen LogP contribution < -0.4 is 15.1 Å². The number of hydrogen-bond acceptors (Lipinski definition) is 7. The molecule has 1 atom stereocenters. The lowest BCUT2D eigenvalue weighted by atomic mass is 10.0. The van der Waals surface area contributed by atoms with Crippen molar-refractivity contribution in [1.82, 2.24) is 5.32 Å². The molecule has 236 valence electrons. The molecule has 0 fully saturated rings. The molecule has 0 bridgehead atoms. The fourth-order valence-electron chi connectivity index (χ4n) is 5.70. The Morgan fingerprint density at radius 1 is 1.09 bits per heavy atom. The number of amides is 1. The van der Waals surface area contributed by atoms with Crippen LogP contribution in [0.25, 0.3) is 0 Å². The van der Waals surface area contributed by atoms with Gasteiger partial charge in [-0.3, -0.25) is 5.41 Å². The molecule has 10 heteroatoms. The molecule has 0 saturated heterocycles. The minimum atomic E-state index is -2.45. The lowest BCUT2D eigenvalue weighted by Crippen LogP contribution is -2.51. The molecule has 2 aromatic carbocycles. The van der Waals surface area contributed by atoms with Crippen molar-refractivity contribution >= 4 is 36.9 Å². The lowest BCUT2D eigenvalue weighted by molar-refractivity contribution is 0.0523. The molecule has 43 heavy (non-hydrogen) atoms. The van der Waals surface area contributed by atoms with Crippen LogP contribution >= 0.6 is 11.8 Å². The van der Waals surface area contributed by atoms with E-state index in [4.69, 9.17) is 14.6 Å². The second kappa shape index (κ2) is 15.1. The van der Waals surface area contributed by atoms with E-state index in [1.807, 2.05) is 19.1 Å². The fourth-order valence-corrected chi connectivity index (χ4v) is 11.4. The quantitative estimate of drug-likeness (QED) is 0.123. The third-order valence-corrected chi connectivity index (χ3v) is 14.3. The molecule has 0 aliphatic rings. The smallest absolute Gasteiger partial charge is 0.407 e. The fraction of sp³-hybridized carbons (Fsp3) is 0.545. The molecular weight excluding hydrogens is 580 g/mol.